The Labute approximate surface area is 179 Å². The number of hydrogen-bond acceptors (Lipinski definition) is 4. The maximum absolute atomic E-state index is 12.7. The lowest BCUT2D eigenvalue weighted by molar-refractivity contribution is -0.131. The van der Waals surface area contributed by atoms with Crippen molar-refractivity contribution in [2.75, 3.05) is 26.2 Å². The van der Waals surface area contributed by atoms with Gasteiger partial charge in [0.1, 0.15) is 0 Å². The van der Waals surface area contributed by atoms with E-state index in [0.717, 1.165) is 14.9 Å². The zero-order valence-corrected chi connectivity index (χ0v) is 18.8. The van der Waals surface area contributed by atoms with E-state index in [4.69, 9.17) is 0 Å². The van der Waals surface area contributed by atoms with Crippen LogP contribution in [0.15, 0.2) is 64.0 Å². The van der Waals surface area contributed by atoms with Gasteiger partial charge >= 0.3 is 0 Å². The van der Waals surface area contributed by atoms with Crippen molar-refractivity contribution in [3.05, 3.63) is 64.6 Å². The summed E-state index contributed by atoms with van der Waals surface area (Å²) in [7, 11) is -3.37. The largest absolute Gasteiger partial charge is 0.339 e. The molecule has 1 unspecified atom stereocenters. The van der Waals surface area contributed by atoms with Crippen molar-refractivity contribution in [3.8, 4) is 0 Å². The van der Waals surface area contributed by atoms with Crippen molar-refractivity contribution in [1.29, 1.82) is 0 Å². The molecule has 8 heteroatoms. The van der Waals surface area contributed by atoms with Gasteiger partial charge in [-0.05, 0) is 36.8 Å². The lowest BCUT2D eigenvalue weighted by atomic mass is 10.2. The second-order valence-electron chi connectivity index (χ2n) is 6.68. The molecule has 1 heterocycles. The number of amides is 1. The number of carbonyl (C=O) groups excluding carboxylic acids is 1. The first-order valence-electron chi connectivity index (χ1n) is 9.08. The van der Waals surface area contributed by atoms with E-state index in [-0.39, 0.29) is 16.9 Å². The molecule has 0 spiro atoms. The van der Waals surface area contributed by atoms with E-state index >= 15 is 0 Å². The van der Waals surface area contributed by atoms with Crippen molar-refractivity contribution in [2.24, 2.45) is 0 Å². The maximum Gasteiger partial charge on any atom is 0.235 e. The minimum atomic E-state index is -3.37. The number of rotatable bonds is 6. The average Bonchev–Trinajstić information content (AvgIpc) is 2.69. The molecule has 1 saturated heterocycles. The van der Waals surface area contributed by atoms with Crippen molar-refractivity contribution in [1.82, 2.24) is 9.21 Å². The van der Waals surface area contributed by atoms with E-state index in [2.05, 4.69) is 15.9 Å². The number of sulfonamides is 1. The molecule has 150 valence electrons. The third kappa shape index (κ3) is 5.59. The van der Waals surface area contributed by atoms with Crippen LogP contribution in [0, 0.1) is 0 Å². The van der Waals surface area contributed by atoms with Crippen LogP contribution < -0.4 is 0 Å². The molecule has 2 aromatic carbocycles. The van der Waals surface area contributed by atoms with E-state index in [1.54, 1.807) is 4.90 Å². The van der Waals surface area contributed by atoms with Crippen LogP contribution in [0.25, 0.3) is 0 Å². The zero-order valence-electron chi connectivity index (χ0n) is 15.6. The first kappa shape index (κ1) is 21.4. The minimum Gasteiger partial charge on any atom is -0.339 e. The van der Waals surface area contributed by atoms with E-state index in [0.29, 0.717) is 26.2 Å². The number of halogens is 1. The van der Waals surface area contributed by atoms with Gasteiger partial charge < -0.3 is 4.90 Å². The van der Waals surface area contributed by atoms with Crippen LogP contribution in [0.1, 0.15) is 12.5 Å². The van der Waals surface area contributed by atoms with Gasteiger partial charge in [-0.3, -0.25) is 4.79 Å². The number of benzene rings is 2. The van der Waals surface area contributed by atoms with Gasteiger partial charge in [0.25, 0.3) is 0 Å². The van der Waals surface area contributed by atoms with E-state index in [1.807, 2.05) is 61.5 Å². The van der Waals surface area contributed by atoms with Gasteiger partial charge in [-0.1, -0.05) is 46.3 Å². The maximum atomic E-state index is 12.7. The van der Waals surface area contributed by atoms with Gasteiger partial charge in [-0.2, -0.15) is 4.31 Å². The molecule has 1 aliphatic heterocycles. The SMILES string of the molecule is CC(Sc1ccc(Br)cc1)C(=O)N1CCN(S(=O)(=O)Cc2ccccc2)CC1. The van der Waals surface area contributed by atoms with Crippen LogP contribution in [0.3, 0.4) is 0 Å². The third-order valence-electron chi connectivity index (χ3n) is 4.61. The van der Waals surface area contributed by atoms with Gasteiger partial charge in [0, 0.05) is 35.5 Å². The monoisotopic (exact) mass is 482 g/mol. The molecule has 0 saturated carbocycles. The summed E-state index contributed by atoms with van der Waals surface area (Å²) in [6.45, 7) is 3.44. The number of hydrogen-bond donors (Lipinski definition) is 0. The molecule has 1 atom stereocenters. The Morgan fingerprint density at radius 1 is 1.04 bits per heavy atom. The third-order valence-corrected chi connectivity index (χ3v) is 8.09. The Kier molecular flexibility index (Phi) is 7.20. The Morgan fingerprint density at radius 2 is 1.64 bits per heavy atom. The highest BCUT2D eigenvalue weighted by molar-refractivity contribution is 9.10. The highest BCUT2D eigenvalue weighted by atomic mass is 79.9. The summed E-state index contributed by atoms with van der Waals surface area (Å²) in [6.07, 6.45) is 0. The molecule has 3 rings (SSSR count). The highest BCUT2D eigenvalue weighted by Crippen LogP contribution is 2.26. The summed E-state index contributed by atoms with van der Waals surface area (Å²) >= 11 is 4.93. The van der Waals surface area contributed by atoms with Gasteiger partial charge in [-0.15, -0.1) is 11.8 Å². The highest BCUT2D eigenvalue weighted by Gasteiger charge is 2.30. The minimum absolute atomic E-state index is 0.00237. The second kappa shape index (κ2) is 9.43. The topological polar surface area (TPSA) is 57.7 Å². The van der Waals surface area contributed by atoms with Crippen molar-refractivity contribution < 1.29 is 13.2 Å². The normalized spacial score (nSPS) is 16.7. The van der Waals surface area contributed by atoms with E-state index < -0.39 is 10.0 Å². The van der Waals surface area contributed by atoms with E-state index in [1.165, 1.54) is 16.1 Å². The van der Waals surface area contributed by atoms with Gasteiger partial charge in [-0.25, -0.2) is 8.42 Å². The van der Waals surface area contributed by atoms with Crippen molar-refractivity contribution >= 4 is 43.6 Å². The average molecular weight is 483 g/mol. The van der Waals surface area contributed by atoms with Crippen molar-refractivity contribution in [2.45, 2.75) is 22.8 Å². The number of piperazine rings is 1. The van der Waals surface area contributed by atoms with Crippen LogP contribution in [-0.4, -0.2) is 55.0 Å². The molecule has 5 nitrogen and oxygen atoms in total. The Hall–Kier alpha value is -1.35. The first-order valence-corrected chi connectivity index (χ1v) is 12.4. The van der Waals surface area contributed by atoms with Gasteiger partial charge in [0.05, 0.1) is 11.0 Å². The molecule has 28 heavy (non-hydrogen) atoms. The summed E-state index contributed by atoms with van der Waals surface area (Å²) in [5.41, 5.74) is 0.778. The Balaban J connectivity index is 1.54. The fourth-order valence-corrected chi connectivity index (χ4v) is 5.82. The van der Waals surface area contributed by atoms with Crippen LogP contribution in [0.5, 0.6) is 0 Å². The molecule has 1 amide bonds. The molecule has 1 aliphatic rings. The first-order chi connectivity index (χ1) is 13.3. The van der Waals surface area contributed by atoms with Crippen LogP contribution in [0.4, 0.5) is 0 Å². The van der Waals surface area contributed by atoms with Gasteiger partial charge in [0.15, 0.2) is 0 Å². The zero-order chi connectivity index (χ0) is 20.1. The number of thioether (sulfide) groups is 1. The van der Waals surface area contributed by atoms with Gasteiger partial charge in [0.2, 0.25) is 15.9 Å². The molecule has 0 bridgehead atoms. The lowest BCUT2D eigenvalue weighted by Gasteiger charge is -2.35. The molecule has 0 N–H and O–H groups in total. The smallest absolute Gasteiger partial charge is 0.235 e. The molecular formula is C20H23BrN2O3S2. The summed E-state index contributed by atoms with van der Waals surface area (Å²) < 4.78 is 27.8. The summed E-state index contributed by atoms with van der Waals surface area (Å²) in [4.78, 5) is 15.5. The van der Waals surface area contributed by atoms with Crippen LogP contribution in [-0.2, 0) is 20.6 Å². The van der Waals surface area contributed by atoms with Crippen LogP contribution in [0.2, 0.25) is 0 Å². The molecule has 0 radical (unpaired) electrons. The molecule has 0 aliphatic carbocycles. The number of carbonyl (C=O) groups is 1. The molecule has 2 aromatic rings. The lowest BCUT2D eigenvalue weighted by Crippen LogP contribution is -2.52. The van der Waals surface area contributed by atoms with Crippen molar-refractivity contribution in [3.63, 3.8) is 0 Å². The fraction of sp³-hybridized carbons (Fsp3) is 0.350. The van der Waals surface area contributed by atoms with Crippen LogP contribution >= 0.6 is 27.7 Å². The molecule has 1 fully saturated rings. The predicted molar refractivity (Wildman–Crippen MR) is 117 cm³/mol. The predicted octanol–water partition coefficient (Wildman–Crippen LogP) is 3.60. The Morgan fingerprint density at radius 3 is 2.25 bits per heavy atom. The summed E-state index contributed by atoms with van der Waals surface area (Å²) in [5.74, 6) is 0.0467. The van der Waals surface area contributed by atoms with E-state index in [9.17, 15) is 13.2 Å². The quantitative estimate of drug-likeness (QED) is 0.590. The molecular weight excluding hydrogens is 460 g/mol. The summed E-state index contributed by atoms with van der Waals surface area (Å²) in [5, 5.41) is -0.214. The Bertz CT molecular complexity index is 897. The molecule has 0 aromatic heterocycles. The second-order valence-corrected chi connectivity index (χ2v) is 11.0. The fourth-order valence-electron chi connectivity index (χ4n) is 3.09. The number of nitrogens with zero attached hydrogens (tertiary/aromatic N) is 2. The standard InChI is InChI=1S/C20H23BrN2O3S2/c1-16(27-19-9-7-18(21)8-10-19)20(24)22-11-13-23(14-12-22)28(25,26)15-17-5-3-2-4-6-17/h2-10,16H,11-15H2,1H3. The summed E-state index contributed by atoms with van der Waals surface area (Å²) in [6, 6.07) is 17.0.